The third-order valence-corrected chi connectivity index (χ3v) is 6.92. The lowest BCUT2D eigenvalue weighted by atomic mass is 10.2. The van der Waals surface area contributed by atoms with E-state index in [4.69, 9.17) is 9.15 Å². The Bertz CT molecular complexity index is 1150. The number of benzene rings is 2. The number of esters is 1. The summed E-state index contributed by atoms with van der Waals surface area (Å²) in [6.45, 7) is 2.70. The van der Waals surface area contributed by atoms with Crippen LogP contribution in [0.1, 0.15) is 34.7 Å². The largest absolute Gasteiger partial charge is 0.455 e. The van der Waals surface area contributed by atoms with Crippen molar-refractivity contribution in [2.45, 2.75) is 31.3 Å². The Hall–Kier alpha value is -2.97. The van der Waals surface area contributed by atoms with E-state index in [-0.39, 0.29) is 17.1 Å². The first-order valence-electron chi connectivity index (χ1n) is 9.74. The predicted octanol–water partition coefficient (Wildman–Crippen LogP) is 3.79. The second-order valence-electron chi connectivity index (χ2n) is 7.10. The summed E-state index contributed by atoms with van der Waals surface area (Å²) in [5, 5.41) is 0. The van der Waals surface area contributed by atoms with Crippen LogP contribution >= 0.6 is 0 Å². The molecule has 0 aliphatic carbocycles. The van der Waals surface area contributed by atoms with Crippen LogP contribution in [0.25, 0.3) is 11.5 Å². The number of carbonyl (C=O) groups excluding carboxylic acids is 1. The fourth-order valence-corrected chi connectivity index (χ4v) is 4.91. The van der Waals surface area contributed by atoms with Gasteiger partial charge in [-0.1, -0.05) is 24.3 Å². The summed E-state index contributed by atoms with van der Waals surface area (Å²) in [4.78, 5) is 17.0. The molecule has 0 amide bonds. The zero-order valence-corrected chi connectivity index (χ0v) is 17.4. The molecule has 0 saturated carbocycles. The number of nitrogens with zero attached hydrogens (tertiary/aromatic N) is 2. The van der Waals surface area contributed by atoms with E-state index >= 15 is 0 Å². The minimum atomic E-state index is -3.60. The molecule has 0 N–H and O–H groups in total. The molecule has 1 saturated heterocycles. The lowest BCUT2D eigenvalue weighted by molar-refractivity contribution is 0.0466. The average Bonchev–Trinajstić information content (AvgIpc) is 3.43. The maximum absolute atomic E-state index is 12.7. The van der Waals surface area contributed by atoms with Crippen molar-refractivity contribution >= 4 is 16.0 Å². The molecule has 2 aromatic carbocycles. The van der Waals surface area contributed by atoms with Gasteiger partial charge in [-0.15, -0.1) is 0 Å². The number of rotatable bonds is 6. The Balaban J connectivity index is 1.47. The third-order valence-electron chi connectivity index (χ3n) is 5.03. The fraction of sp³-hybridized carbons (Fsp3) is 0.273. The molecule has 0 radical (unpaired) electrons. The molecule has 2 heterocycles. The predicted molar refractivity (Wildman–Crippen MR) is 110 cm³/mol. The number of aromatic nitrogens is 1. The van der Waals surface area contributed by atoms with Crippen LogP contribution in [0, 0.1) is 6.92 Å². The first-order valence-corrected chi connectivity index (χ1v) is 11.2. The monoisotopic (exact) mass is 426 g/mol. The van der Waals surface area contributed by atoms with Gasteiger partial charge in [0.2, 0.25) is 15.9 Å². The van der Waals surface area contributed by atoms with Gasteiger partial charge in [0.25, 0.3) is 0 Å². The molecule has 1 aromatic heterocycles. The molecular formula is C22H22N2O5S. The van der Waals surface area contributed by atoms with Crippen LogP contribution in [0.2, 0.25) is 0 Å². The fourth-order valence-electron chi connectivity index (χ4n) is 3.34. The Morgan fingerprint density at radius 2 is 1.83 bits per heavy atom. The van der Waals surface area contributed by atoms with Gasteiger partial charge in [0.1, 0.15) is 18.1 Å². The molecule has 0 unspecified atom stereocenters. The minimum Gasteiger partial charge on any atom is -0.455 e. The van der Waals surface area contributed by atoms with Crippen molar-refractivity contribution in [1.82, 2.24) is 9.29 Å². The van der Waals surface area contributed by atoms with Crippen molar-refractivity contribution in [2.24, 2.45) is 0 Å². The molecule has 1 fully saturated rings. The third kappa shape index (κ3) is 4.15. The molecule has 1 aliphatic heterocycles. The molecule has 3 aromatic rings. The molecule has 0 bridgehead atoms. The minimum absolute atomic E-state index is 0.0654. The summed E-state index contributed by atoms with van der Waals surface area (Å²) >= 11 is 0. The smallest absolute Gasteiger partial charge is 0.338 e. The molecule has 1 aliphatic rings. The van der Waals surface area contributed by atoms with Crippen molar-refractivity contribution in [3.63, 3.8) is 0 Å². The van der Waals surface area contributed by atoms with Gasteiger partial charge >= 0.3 is 5.97 Å². The van der Waals surface area contributed by atoms with Gasteiger partial charge in [0.05, 0.1) is 10.5 Å². The standard InChI is InChI=1S/C22H22N2O5S/c1-16-20(23-21(29-16)17-8-3-2-4-9-17)15-28-22(25)18-10-7-11-19(14-18)30(26,27)24-12-5-6-13-24/h2-4,7-11,14H,5-6,12-13,15H2,1H3. The quantitative estimate of drug-likeness (QED) is 0.557. The highest BCUT2D eigenvalue weighted by molar-refractivity contribution is 7.89. The topological polar surface area (TPSA) is 89.7 Å². The highest BCUT2D eigenvalue weighted by Crippen LogP contribution is 2.23. The van der Waals surface area contributed by atoms with E-state index in [2.05, 4.69) is 4.98 Å². The molecule has 7 nitrogen and oxygen atoms in total. The molecule has 0 atom stereocenters. The number of sulfonamides is 1. The van der Waals surface area contributed by atoms with E-state index in [9.17, 15) is 13.2 Å². The van der Waals surface area contributed by atoms with E-state index in [0.29, 0.717) is 30.4 Å². The summed E-state index contributed by atoms with van der Waals surface area (Å²) in [5.41, 5.74) is 1.53. The molecule has 4 rings (SSSR count). The summed E-state index contributed by atoms with van der Waals surface area (Å²) in [7, 11) is -3.60. The summed E-state index contributed by atoms with van der Waals surface area (Å²) < 4.78 is 37.9. The maximum Gasteiger partial charge on any atom is 0.338 e. The molecule has 30 heavy (non-hydrogen) atoms. The summed E-state index contributed by atoms with van der Waals surface area (Å²) in [6.07, 6.45) is 1.70. The molecule has 156 valence electrons. The number of hydrogen-bond acceptors (Lipinski definition) is 6. The van der Waals surface area contributed by atoms with Gasteiger partial charge in [-0.05, 0) is 50.1 Å². The summed E-state index contributed by atoms with van der Waals surface area (Å²) in [5.74, 6) is 0.405. The van der Waals surface area contributed by atoms with Crippen LogP contribution in [0.15, 0.2) is 63.9 Å². The highest BCUT2D eigenvalue weighted by atomic mass is 32.2. The number of ether oxygens (including phenoxy) is 1. The van der Waals surface area contributed by atoms with Crippen LogP contribution in [0.4, 0.5) is 0 Å². The van der Waals surface area contributed by atoms with Crippen molar-refractivity contribution in [1.29, 1.82) is 0 Å². The average molecular weight is 426 g/mol. The second-order valence-corrected chi connectivity index (χ2v) is 9.04. The van der Waals surface area contributed by atoms with Gasteiger partial charge < -0.3 is 9.15 Å². The van der Waals surface area contributed by atoms with Gasteiger partial charge in [-0.25, -0.2) is 18.2 Å². The molecule has 8 heteroatoms. The zero-order chi connectivity index (χ0) is 21.1. The highest BCUT2D eigenvalue weighted by Gasteiger charge is 2.27. The van der Waals surface area contributed by atoms with Crippen molar-refractivity contribution < 1.29 is 22.4 Å². The van der Waals surface area contributed by atoms with Gasteiger partial charge in [0.15, 0.2) is 0 Å². The van der Waals surface area contributed by atoms with E-state index < -0.39 is 16.0 Å². The lowest BCUT2D eigenvalue weighted by Crippen LogP contribution is -2.28. The molecular weight excluding hydrogens is 404 g/mol. The number of hydrogen-bond donors (Lipinski definition) is 0. The Kier molecular flexibility index (Phi) is 5.69. The number of oxazole rings is 1. The summed E-state index contributed by atoms with van der Waals surface area (Å²) in [6, 6.07) is 15.4. The van der Waals surface area contributed by atoms with Gasteiger partial charge in [-0.3, -0.25) is 0 Å². The normalized spacial score (nSPS) is 14.7. The van der Waals surface area contributed by atoms with Crippen molar-refractivity contribution in [2.75, 3.05) is 13.1 Å². The lowest BCUT2D eigenvalue weighted by Gasteiger charge is -2.15. The van der Waals surface area contributed by atoms with Crippen LogP contribution in [0.3, 0.4) is 0 Å². The van der Waals surface area contributed by atoms with Crippen molar-refractivity contribution in [3.8, 4) is 11.5 Å². The first kappa shape index (κ1) is 20.3. The Morgan fingerprint density at radius 3 is 2.57 bits per heavy atom. The Labute approximate surface area is 175 Å². The number of carbonyl (C=O) groups is 1. The Morgan fingerprint density at radius 1 is 1.10 bits per heavy atom. The zero-order valence-electron chi connectivity index (χ0n) is 16.6. The SMILES string of the molecule is Cc1oc(-c2ccccc2)nc1COC(=O)c1cccc(S(=O)(=O)N2CCCC2)c1. The van der Waals surface area contributed by atoms with E-state index in [1.807, 2.05) is 30.3 Å². The van der Waals surface area contributed by atoms with Crippen LogP contribution in [0.5, 0.6) is 0 Å². The second kappa shape index (κ2) is 8.41. The first-order chi connectivity index (χ1) is 14.4. The van der Waals surface area contributed by atoms with Crippen LogP contribution in [-0.4, -0.2) is 36.8 Å². The van der Waals surface area contributed by atoms with Gasteiger partial charge in [-0.2, -0.15) is 4.31 Å². The van der Waals surface area contributed by atoms with Crippen LogP contribution in [-0.2, 0) is 21.4 Å². The van der Waals surface area contributed by atoms with Crippen molar-refractivity contribution in [3.05, 3.63) is 71.6 Å². The number of aryl methyl sites for hydroxylation is 1. The molecule has 0 spiro atoms. The van der Waals surface area contributed by atoms with Crippen LogP contribution < -0.4 is 0 Å². The maximum atomic E-state index is 12.7. The van der Waals surface area contributed by atoms with E-state index in [1.165, 1.54) is 22.5 Å². The van der Waals surface area contributed by atoms with E-state index in [1.54, 1.807) is 13.0 Å². The van der Waals surface area contributed by atoms with Gasteiger partial charge in [0, 0.05) is 18.7 Å². The van der Waals surface area contributed by atoms with E-state index in [0.717, 1.165) is 18.4 Å².